The van der Waals surface area contributed by atoms with Crippen LogP contribution in [0.1, 0.15) is 26.3 Å². The Morgan fingerprint density at radius 1 is 1.24 bits per heavy atom. The number of aryl methyl sites for hydroxylation is 1. The predicted octanol–water partition coefficient (Wildman–Crippen LogP) is 2.66. The van der Waals surface area contributed by atoms with E-state index in [1.807, 2.05) is 46.3 Å². The third-order valence-corrected chi connectivity index (χ3v) is 5.24. The molecule has 0 aliphatic carbocycles. The summed E-state index contributed by atoms with van der Waals surface area (Å²) >= 11 is 0. The van der Waals surface area contributed by atoms with E-state index in [-0.39, 0.29) is 6.09 Å². The molecule has 3 heterocycles. The van der Waals surface area contributed by atoms with Gasteiger partial charge in [0.2, 0.25) is 0 Å². The number of nitrogens with zero attached hydrogens (tertiary/aromatic N) is 4. The number of anilines is 2. The minimum absolute atomic E-state index is 0.254. The molecular formula is C21H29N5O3. The molecule has 2 aromatic rings. The van der Waals surface area contributed by atoms with Crippen molar-refractivity contribution in [3.63, 3.8) is 0 Å². The lowest BCUT2D eigenvalue weighted by Crippen LogP contribution is -2.50. The molecule has 1 saturated heterocycles. The number of nitrogens with two attached hydrogens (primary N) is 1. The first-order chi connectivity index (χ1) is 13.7. The molecule has 156 valence electrons. The highest BCUT2D eigenvalue weighted by Gasteiger charge is 2.31. The summed E-state index contributed by atoms with van der Waals surface area (Å²) in [7, 11) is 1.91. The van der Waals surface area contributed by atoms with Crippen molar-refractivity contribution >= 4 is 17.5 Å². The summed E-state index contributed by atoms with van der Waals surface area (Å²) in [6.45, 7) is 8.98. The molecule has 0 saturated carbocycles. The van der Waals surface area contributed by atoms with Crippen LogP contribution in [0.4, 0.5) is 16.2 Å². The van der Waals surface area contributed by atoms with Crippen molar-refractivity contribution in [2.45, 2.75) is 32.8 Å². The van der Waals surface area contributed by atoms with E-state index in [0.717, 1.165) is 47.6 Å². The first kappa shape index (κ1) is 19.4. The van der Waals surface area contributed by atoms with Gasteiger partial charge in [-0.2, -0.15) is 5.10 Å². The van der Waals surface area contributed by atoms with E-state index < -0.39 is 5.60 Å². The topological polar surface area (TPSA) is 85.9 Å². The molecule has 2 N–H and O–H groups in total. The van der Waals surface area contributed by atoms with Gasteiger partial charge in [0, 0.05) is 62.5 Å². The molecule has 1 amide bonds. The van der Waals surface area contributed by atoms with Gasteiger partial charge in [-0.15, -0.1) is 0 Å². The van der Waals surface area contributed by atoms with E-state index >= 15 is 0 Å². The van der Waals surface area contributed by atoms with Gasteiger partial charge >= 0.3 is 6.09 Å². The van der Waals surface area contributed by atoms with Crippen molar-refractivity contribution in [1.29, 1.82) is 0 Å². The lowest BCUT2D eigenvalue weighted by molar-refractivity contribution is 0.0240. The fraction of sp³-hybridized carbons (Fsp3) is 0.524. The lowest BCUT2D eigenvalue weighted by atomic mass is 9.98. The normalized spacial score (nSPS) is 16.6. The summed E-state index contributed by atoms with van der Waals surface area (Å²) < 4.78 is 13.1. The van der Waals surface area contributed by atoms with Crippen LogP contribution in [0.15, 0.2) is 18.5 Å². The van der Waals surface area contributed by atoms with E-state index in [1.54, 1.807) is 9.58 Å². The SMILES string of the molecule is Cn1cc(-c2cc(N)c3c(c2N2CCN(C(=O)OC(C)(C)C)CC2)CCO3)cn1. The Hall–Kier alpha value is -2.90. The van der Waals surface area contributed by atoms with Crippen LogP contribution >= 0.6 is 0 Å². The molecule has 0 unspecified atom stereocenters. The predicted molar refractivity (Wildman–Crippen MR) is 112 cm³/mol. The van der Waals surface area contributed by atoms with Crippen LogP contribution in [-0.2, 0) is 18.2 Å². The third kappa shape index (κ3) is 3.83. The number of rotatable bonds is 2. The van der Waals surface area contributed by atoms with Gasteiger partial charge in [-0.1, -0.05) is 0 Å². The van der Waals surface area contributed by atoms with E-state index in [0.29, 0.717) is 25.4 Å². The van der Waals surface area contributed by atoms with Gasteiger partial charge in [0.1, 0.15) is 11.4 Å². The highest BCUT2D eigenvalue weighted by Crippen LogP contribution is 2.45. The molecule has 8 heteroatoms. The maximum Gasteiger partial charge on any atom is 0.410 e. The van der Waals surface area contributed by atoms with Gasteiger partial charge in [-0.25, -0.2) is 4.79 Å². The molecule has 1 aromatic carbocycles. The number of benzene rings is 1. The molecule has 4 rings (SSSR count). The van der Waals surface area contributed by atoms with Crippen LogP contribution < -0.4 is 15.4 Å². The molecule has 1 aromatic heterocycles. The second kappa shape index (κ2) is 7.17. The lowest BCUT2D eigenvalue weighted by Gasteiger charge is -2.38. The van der Waals surface area contributed by atoms with Crippen LogP contribution in [0.3, 0.4) is 0 Å². The Bertz CT molecular complexity index is 923. The van der Waals surface area contributed by atoms with Crippen molar-refractivity contribution in [3.8, 4) is 16.9 Å². The molecule has 2 aliphatic rings. The zero-order valence-corrected chi connectivity index (χ0v) is 17.6. The summed E-state index contributed by atoms with van der Waals surface area (Å²) in [5.74, 6) is 0.794. The molecule has 0 radical (unpaired) electrons. The van der Waals surface area contributed by atoms with Gasteiger partial charge in [0.05, 0.1) is 24.2 Å². The molecule has 29 heavy (non-hydrogen) atoms. The van der Waals surface area contributed by atoms with E-state index in [4.69, 9.17) is 15.2 Å². The Morgan fingerprint density at radius 2 is 1.97 bits per heavy atom. The van der Waals surface area contributed by atoms with Crippen LogP contribution in [0.5, 0.6) is 5.75 Å². The Kier molecular flexibility index (Phi) is 4.80. The van der Waals surface area contributed by atoms with Crippen molar-refractivity contribution in [2.75, 3.05) is 43.4 Å². The number of ether oxygens (including phenoxy) is 2. The van der Waals surface area contributed by atoms with Gasteiger partial charge in [0.25, 0.3) is 0 Å². The van der Waals surface area contributed by atoms with Crippen molar-refractivity contribution in [2.24, 2.45) is 7.05 Å². The molecule has 0 atom stereocenters. The average molecular weight is 399 g/mol. The van der Waals surface area contributed by atoms with Gasteiger partial charge in [-0.3, -0.25) is 4.68 Å². The maximum absolute atomic E-state index is 12.4. The minimum atomic E-state index is -0.489. The third-order valence-electron chi connectivity index (χ3n) is 5.24. The molecule has 1 fully saturated rings. The Labute approximate surface area is 171 Å². The van der Waals surface area contributed by atoms with Crippen LogP contribution in [-0.4, -0.2) is 59.2 Å². The number of piperazine rings is 1. The average Bonchev–Trinajstić information content (AvgIpc) is 3.30. The second-order valence-electron chi connectivity index (χ2n) is 8.63. The zero-order valence-electron chi connectivity index (χ0n) is 17.6. The van der Waals surface area contributed by atoms with E-state index in [9.17, 15) is 4.79 Å². The first-order valence-corrected chi connectivity index (χ1v) is 10.0. The number of aromatic nitrogens is 2. The summed E-state index contributed by atoms with van der Waals surface area (Å²) in [5.41, 5.74) is 10.8. The highest BCUT2D eigenvalue weighted by molar-refractivity contribution is 5.87. The molecule has 2 aliphatic heterocycles. The Morgan fingerprint density at radius 3 is 2.59 bits per heavy atom. The Balaban J connectivity index is 1.62. The quantitative estimate of drug-likeness (QED) is 0.782. The number of nitrogen functional groups attached to an aromatic ring is 1. The largest absolute Gasteiger partial charge is 0.491 e. The second-order valence-corrected chi connectivity index (χ2v) is 8.63. The van der Waals surface area contributed by atoms with E-state index in [1.165, 1.54) is 0 Å². The number of fused-ring (bicyclic) bond motifs is 1. The van der Waals surface area contributed by atoms with Gasteiger partial charge < -0.3 is 25.0 Å². The summed E-state index contributed by atoms with van der Waals surface area (Å²) in [4.78, 5) is 16.5. The number of hydrogen-bond donors (Lipinski definition) is 1. The number of hydrogen-bond acceptors (Lipinski definition) is 6. The molecule has 0 bridgehead atoms. The van der Waals surface area contributed by atoms with E-state index in [2.05, 4.69) is 10.00 Å². The first-order valence-electron chi connectivity index (χ1n) is 10.0. The van der Waals surface area contributed by atoms with Crippen molar-refractivity contribution in [3.05, 3.63) is 24.0 Å². The zero-order chi connectivity index (χ0) is 20.8. The number of carbonyl (C=O) groups excluding carboxylic acids is 1. The fourth-order valence-corrected chi connectivity index (χ4v) is 3.97. The number of amides is 1. The maximum atomic E-state index is 12.4. The number of carbonyl (C=O) groups is 1. The van der Waals surface area contributed by atoms with Crippen LogP contribution in [0.25, 0.3) is 11.1 Å². The van der Waals surface area contributed by atoms with Crippen LogP contribution in [0, 0.1) is 0 Å². The molecule has 0 spiro atoms. The molecule has 8 nitrogen and oxygen atoms in total. The minimum Gasteiger partial charge on any atom is -0.491 e. The van der Waals surface area contributed by atoms with Crippen molar-refractivity contribution < 1.29 is 14.3 Å². The van der Waals surface area contributed by atoms with Gasteiger partial charge in [-0.05, 0) is 26.8 Å². The summed E-state index contributed by atoms with van der Waals surface area (Å²) in [5, 5.41) is 4.33. The fourth-order valence-electron chi connectivity index (χ4n) is 3.97. The summed E-state index contributed by atoms with van der Waals surface area (Å²) in [6.07, 6.45) is 4.43. The standard InChI is InChI=1S/C21H29N5O3/c1-21(2,3)29-20(27)26-8-6-25(7-9-26)18-15-5-10-28-19(15)17(22)11-16(18)14-12-23-24(4)13-14/h11-13H,5-10,22H2,1-4H3. The van der Waals surface area contributed by atoms with Crippen LogP contribution in [0.2, 0.25) is 0 Å². The highest BCUT2D eigenvalue weighted by atomic mass is 16.6. The monoisotopic (exact) mass is 399 g/mol. The molecular weight excluding hydrogens is 370 g/mol. The van der Waals surface area contributed by atoms with Gasteiger partial charge in [0.15, 0.2) is 0 Å². The smallest absolute Gasteiger partial charge is 0.410 e. The summed E-state index contributed by atoms with van der Waals surface area (Å²) in [6, 6.07) is 1.98. The van der Waals surface area contributed by atoms with Crippen molar-refractivity contribution in [1.82, 2.24) is 14.7 Å².